The molecule has 15 heavy (non-hydrogen) atoms. The van der Waals surface area contributed by atoms with Crippen LogP contribution < -0.4 is 0 Å². The summed E-state index contributed by atoms with van der Waals surface area (Å²) >= 11 is 0. The predicted octanol–water partition coefficient (Wildman–Crippen LogP) is 3.36. The molecule has 0 radical (unpaired) electrons. The lowest BCUT2D eigenvalue weighted by molar-refractivity contribution is 0.00768. The zero-order valence-corrected chi connectivity index (χ0v) is 10.1. The van der Waals surface area contributed by atoms with Crippen molar-refractivity contribution in [1.29, 1.82) is 0 Å². The van der Waals surface area contributed by atoms with Crippen molar-refractivity contribution < 1.29 is 5.11 Å². The summed E-state index contributed by atoms with van der Waals surface area (Å²) in [5.41, 5.74) is 0.155. The Bertz CT molecular complexity index is 257. The standard InChI is InChI=1S/C14H24O/c1-13(2)9-5-8-12(13)14(15)10-6-3-4-7-11(10)14/h10-12,15H,3-9H2,1-2H3. The molecule has 1 heteroatoms. The van der Waals surface area contributed by atoms with Crippen LogP contribution in [-0.4, -0.2) is 10.7 Å². The number of hydrogen-bond acceptors (Lipinski definition) is 1. The van der Waals surface area contributed by atoms with E-state index in [1.54, 1.807) is 0 Å². The number of aliphatic hydroxyl groups is 1. The van der Waals surface area contributed by atoms with Crippen LogP contribution in [0.15, 0.2) is 0 Å². The van der Waals surface area contributed by atoms with Crippen molar-refractivity contribution in [3.8, 4) is 0 Å². The Hall–Kier alpha value is -0.0400. The van der Waals surface area contributed by atoms with Gasteiger partial charge in [0.2, 0.25) is 0 Å². The quantitative estimate of drug-likeness (QED) is 0.700. The second-order valence-electron chi connectivity index (χ2n) is 6.82. The van der Waals surface area contributed by atoms with E-state index in [-0.39, 0.29) is 5.60 Å². The first kappa shape index (κ1) is 10.1. The highest BCUT2D eigenvalue weighted by molar-refractivity contribution is 5.19. The SMILES string of the molecule is CC1(C)CCCC1C1(O)C2CCCCC21. The lowest BCUT2D eigenvalue weighted by Gasteiger charge is -2.32. The summed E-state index contributed by atoms with van der Waals surface area (Å²) in [6.45, 7) is 4.74. The Balaban J connectivity index is 1.82. The first-order valence-corrected chi connectivity index (χ1v) is 6.79. The summed E-state index contributed by atoms with van der Waals surface area (Å²) in [7, 11) is 0. The summed E-state index contributed by atoms with van der Waals surface area (Å²) < 4.78 is 0. The monoisotopic (exact) mass is 208 g/mol. The summed E-state index contributed by atoms with van der Waals surface area (Å²) in [5, 5.41) is 10.9. The van der Waals surface area contributed by atoms with Gasteiger partial charge in [0.25, 0.3) is 0 Å². The minimum atomic E-state index is -0.240. The highest BCUT2D eigenvalue weighted by Crippen LogP contribution is 2.67. The van der Waals surface area contributed by atoms with Crippen molar-refractivity contribution in [2.24, 2.45) is 23.2 Å². The molecule has 0 aromatic carbocycles. The average Bonchev–Trinajstić information content (AvgIpc) is 2.62. The van der Waals surface area contributed by atoms with Gasteiger partial charge < -0.3 is 5.11 Å². The zero-order valence-electron chi connectivity index (χ0n) is 10.1. The van der Waals surface area contributed by atoms with Crippen molar-refractivity contribution in [1.82, 2.24) is 0 Å². The molecule has 1 nitrogen and oxygen atoms in total. The summed E-state index contributed by atoms with van der Waals surface area (Å²) in [4.78, 5) is 0. The van der Waals surface area contributed by atoms with Crippen molar-refractivity contribution >= 4 is 0 Å². The van der Waals surface area contributed by atoms with Crippen LogP contribution >= 0.6 is 0 Å². The van der Waals surface area contributed by atoms with Crippen molar-refractivity contribution in [3.05, 3.63) is 0 Å². The van der Waals surface area contributed by atoms with Gasteiger partial charge in [0, 0.05) is 0 Å². The molecule has 0 spiro atoms. The Morgan fingerprint density at radius 1 is 0.933 bits per heavy atom. The van der Waals surface area contributed by atoms with Gasteiger partial charge in [-0.1, -0.05) is 33.1 Å². The molecule has 0 amide bonds. The fourth-order valence-corrected chi connectivity index (χ4v) is 4.84. The van der Waals surface area contributed by atoms with Crippen LogP contribution in [0, 0.1) is 23.2 Å². The van der Waals surface area contributed by atoms with Crippen molar-refractivity contribution in [2.75, 3.05) is 0 Å². The van der Waals surface area contributed by atoms with Gasteiger partial charge in [0.1, 0.15) is 0 Å². The first-order valence-electron chi connectivity index (χ1n) is 6.79. The minimum Gasteiger partial charge on any atom is -0.389 e. The third-order valence-electron chi connectivity index (χ3n) is 5.66. The molecule has 86 valence electrons. The van der Waals surface area contributed by atoms with Crippen molar-refractivity contribution in [2.45, 2.75) is 64.4 Å². The molecule has 3 rings (SSSR count). The summed E-state index contributed by atoms with van der Waals surface area (Å²) in [6.07, 6.45) is 9.24. The van der Waals surface area contributed by atoms with Gasteiger partial charge in [-0.05, 0) is 48.9 Å². The molecule has 1 N–H and O–H groups in total. The minimum absolute atomic E-state index is 0.240. The van der Waals surface area contributed by atoms with E-state index in [1.165, 1.54) is 44.9 Å². The molecule has 3 fully saturated rings. The molecular weight excluding hydrogens is 184 g/mol. The van der Waals surface area contributed by atoms with E-state index in [2.05, 4.69) is 13.8 Å². The van der Waals surface area contributed by atoms with Gasteiger partial charge in [0.15, 0.2) is 0 Å². The van der Waals surface area contributed by atoms with Gasteiger partial charge >= 0.3 is 0 Å². The number of hydrogen-bond donors (Lipinski definition) is 1. The first-order chi connectivity index (χ1) is 7.07. The smallest absolute Gasteiger partial charge is 0.0744 e. The van der Waals surface area contributed by atoms with Crippen LogP contribution in [0.4, 0.5) is 0 Å². The fraction of sp³-hybridized carbons (Fsp3) is 1.00. The van der Waals surface area contributed by atoms with Crippen LogP contribution in [0.25, 0.3) is 0 Å². The Labute approximate surface area is 93.3 Å². The normalized spacial score (nSPS) is 52.6. The largest absolute Gasteiger partial charge is 0.389 e. The van der Waals surface area contributed by atoms with E-state index in [9.17, 15) is 5.11 Å². The van der Waals surface area contributed by atoms with Gasteiger partial charge in [0.05, 0.1) is 5.60 Å². The molecule has 3 aliphatic rings. The molecular formula is C14H24O. The predicted molar refractivity (Wildman–Crippen MR) is 61.5 cm³/mol. The van der Waals surface area contributed by atoms with Gasteiger partial charge in [-0.15, -0.1) is 0 Å². The Morgan fingerprint density at radius 3 is 2.00 bits per heavy atom. The second kappa shape index (κ2) is 3.00. The molecule has 0 bridgehead atoms. The molecule has 3 aliphatic carbocycles. The maximum Gasteiger partial charge on any atom is 0.0744 e. The molecule has 0 aliphatic heterocycles. The molecule has 0 heterocycles. The average molecular weight is 208 g/mol. The molecule has 3 atom stereocenters. The van der Waals surface area contributed by atoms with E-state index in [0.717, 1.165) is 0 Å². The van der Waals surface area contributed by atoms with E-state index in [0.29, 0.717) is 23.2 Å². The van der Waals surface area contributed by atoms with Gasteiger partial charge in [-0.2, -0.15) is 0 Å². The van der Waals surface area contributed by atoms with Gasteiger partial charge in [-0.25, -0.2) is 0 Å². The van der Waals surface area contributed by atoms with Crippen LogP contribution in [0.2, 0.25) is 0 Å². The van der Waals surface area contributed by atoms with E-state index in [4.69, 9.17) is 0 Å². The highest BCUT2D eigenvalue weighted by atomic mass is 16.3. The zero-order chi connectivity index (χ0) is 10.7. The van der Waals surface area contributed by atoms with Gasteiger partial charge in [-0.3, -0.25) is 0 Å². The molecule has 0 aromatic heterocycles. The number of fused-ring (bicyclic) bond motifs is 1. The lowest BCUT2D eigenvalue weighted by atomic mass is 9.76. The van der Waals surface area contributed by atoms with Crippen LogP contribution in [0.1, 0.15) is 58.8 Å². The molecule has 3 saturated carbocycles. The highest BCUT2D eigenvalue weighted by Gasteiger charge is 2.69. The lowest BCUT2D eigenvalue weighted by Crippen LogP contribution is -2.34. The molecule has 0 saturated heterocycles. The molecule has 3 unspecified atom stereocenters. The second-order valence-corrected chi connectivity index (χ2v) is 6.82. The topological polar surface area (TPSA) is 20.2 Å². The van der Waals surface area contributed by atoms with E-state index >= 15 is 0 Å². The summed E-state index contributed by atoms with van der Waals surface area (Å²) in [6, 6.07) is 0. The number of rotatable bonds is 1. The maximum atomic E-state index is 10.9. The molecule has 0 aromatic rings. The third kappa shape index (κ3) is 1.25. The van der Waals surface area contributed by atoms with Crippen LogP contribution in [-0.2, 0) is 0 Å². The van der Waals surface area contributed by atoms with E-state index in [1.807, 2.05) is 0 Å². The summed E-state index contributed by atoms with van der Waals surface area (Å²) in [5.74, 6) is 1.94. The fourth-order valence-electron chi connectivity index (χ4n) is 4.84. The van der Waals surface area contributed by atoms with Crippen LogP contribution in [0.3, 0.4) is 0 Å². The van der Waals surface area contributed by atoms with E-state index < -0.39 is 0 Å². The maximum absolute atomic E-state index is 10.9. The third-order valence-corrected chi connectivity index (χ3v) is 5.66. The van der Waals surface area contributed by atoms with Crippen molar-refractivity contribution in [3.63, 3.8) is 0 Å². The van der Waals surface area contributed by atoms with Crippen LogP contribution in [0.5, 0.6) is 0 Å². The Morgan fingerprint density at radius 2 is 1.53 bits per heavy atom. The Kier molecular flexibility index (Phi) is 2.03.